The maximum absolute atomic E-state index is 9.15. The van der Waals surface area contributed by atoms with Crippen LogP contribution in [0.5, 0.6) is 11.5 Å². The fourth-order valence-corrected chi connectivity index (χ4v) is 0.863. The summed E-state index contributed by atoms with van der Waals surface area (Å²) in [4.78, 5) is 21.7. The van der Waals surface area contributed by atoms with Crippen molar-refractivity contribution >= 4 is 8.60 Å². The Balaban J connectivity index is 0.000000364. The van der Waals surface area contributed by atoms with Crippen LogP contribution in [-0.4, -0.2) is 24.9 Å². The van der Waals surface area contributed by atoms with Gasteiger partial charge < -0.3 is 24.9 Å². The predicted molar refractivity (Wildman–Crippen MR) is 52.7 cm³/mol. The lowest BCUT2D eigenvalue weighted by molar-refractivity contribution is 0.368. The molecule has 1 rings (SSSR count). The lowest BCUT2D eigenvalue weighted by atomic mass is 10.1. The number of phenolic OH excluding ortho intramolecular Hbond substituents is 2. The topological polar surface area (TPSA) is 101 Å². The highest BCUT2D eigenvalue weighted by Crippen LogP contribution is 2.27. The van der Waals surface area contributed by atoms with E-state index in [1.807, 2.05) is 6.92 Å². The van der Waals surface area contributed by atoms with Crippen molar-refractivity contribution in [2.24, 2.45) is 0 Å². The van der Waals surface area contributed by atoms with Gasteiger partial charge in [-0.3, -0.25) is 0 Å². The molecule has 0 spiro atoms. The van der Waals surface area contributed by atoms with E-state index >= 15 is 0 Å². The van der Waals surface area contributed by atoms with Gasteiger partial charge in [-0.2, -0.15) is 0 Å². The van der Waals surface area contributed by atoms with Gasteiger partial charge in [0.15, 0.2) is 11.5 Å². The summed E-state index contributed by atoms with van der Waals surface area (Å²) in [5, 5.41) is 18.1. The average Bonchev–Trinajstić information content (AvgIpc) is 2.09. The summed E-state index contributed by atoms with van der Waals surface area (Å²) < 4.78 is 0. The number of rotatable bonds is 1. The Bertz CT molecular complexity index is 274. The highest BCUT2D eigenvalue weighted by atomic mass is 31.2. The molecule has 0 aliphatic heterocycles. The molecule has 80 valence electrons. The van der Waals surface area contributed by atoms with Crippen LogP contribution in [0.2, 0.25) is 0 Å². The first kappa shape index (κ1) is 13.1. The van der Waals surface area contributed by atoms with Gasteiger partial charge >= 0.3 is 8.60 Å². The van der Waals surface area contributed by atoms with Crippen LogP contribution in [-0.2, 0) is 6.42 Å². The number of hydrogen-bond acceptors (Lipinski definition) is 5. The number of para-hydroxylation sites is 1. The van der Waals surface area contributed by atoms with Crippen molar-refractivity contribution in [1.82, 2.24) is 0 Å². The molecule has 0 aliphatic carbocycles. The fourth-order valence-electron chi connectivity index (χ4n) is 0.863. The van der Waals surface area contributed by atoms with Crippen LogP contribution in [0.25, 0.3) is 0 Å². The van der Waals surface area contributed by atoms with Gasteiger partial charge in [0.1, 0.15) is 0 Å². The predicted octanol–water partition coefficient (Wildman–Crippen LogP) is 0.850. The molecule has 0 radical (unpaired) electrons. The van der Waals surface area contributed by atoms with Crippen LogP contribution in [0.1, 0.15) is 12.5 Å². The second-order valence-corrected chi connectivity index (χ2v) is 2.94. The van der Waals surface area contributed by atoms with Crippen LogP contribution in [0, 0.1) is 0 Å². The Morgan fingerprint density at radius 3 is 2.00 bits per heavy atom. The van der Waals surface area contributed by atoms with Crippen molar-refractivity contribution in [1.29, 1.82) is 0 Å². The van der Waals surface area contributed by atoms with Gasteiger partial charge in [-0.15, -0.1) is 0 Å². The summed E-state index contributed by atoms with van der Waals surface area (Å²) in [6.45, 7) is 1.93. The van der Waals surface area contributed by atoms with Gasteiger partial charge in [0.2, 0.25) is 0 Å². The largest absolute Gasteiger partial charge is 0.504 e. The molecule has 0 amide bonds. The molecule has 0 fully saturated rings. The van der Waals surface area contributed by atoms with Crippen molar-refractivity contribution in [2.75, 3.05) is 0 Å². The minimum atomic E-state index is -2.62. The van der Waals surface area contributed by atoms with Gasteiger partial charge in [-0.1, -0.05) is 19.1 Å². The first-order valence-electron chi connectivity index (χ1n) is 3.85. The Morgan fingerprint density at radius 1 is 1.14 bits per heavy atom. The van der Waals surface area contributed by atoms with E-state index in [4.69, 9.17) is 24.9 Å². The number of hydrogen-bond donors (Lipinski definition) is 5. The molecular formula is C8H13O5P. The van der Waals surface area contributed by atoms with Crippen LogP contribution in [0.4, 0.5) is 0 Å². The molecular weight excluding hydrogens is 207 g/mol. The standard InChI is InChI=1S/C8H10O2.H3O3P/c1-2-6-4-3-5-7(9)8(6)10;1-4(2)3/h3-5,9-10H,2H2,1H3;1-3H. The van der Waals surface area contributed by atoms with E-state index < -0.39 is 8.60 Å². The Labute approximate surface area is 82.9 Å². The van der Waals surface area contributed by atoms with Crippen molar-refractivity contribution in [2.45, 2.75) is 13.3 Å². The minimum Gasteiger partial charge on any atom is -0.504 e. The van der Waals surface area contributed by atoms with Crippen molar-refractivity contribution in [3.05, 3.63) is 23.8 Å². The Morgan fingerprint density at radius 2 is 1.64 bits per heavy atom. The van der Waals surface area contributed by atoms with Gasteiger partial charge in [-0.25, -0.2) is 0 Å². The molecule has 0 atom stereocenters. The lowest BCUT2D eigenvalue weighted by Crippen LogP contribution is -1.79. The molecule has 0 unspecified atom stereocenters. The molecule has 0 bridgehead atoms. The van der Waals surface area contributed by atoms with Crippen LogP contribution >= 0.6 is 8.60 Å². The molecule has 0 aromatic heterocycles. The van der Waals surface area contributed by atoms with Gasteiger partial charge in [-0.05, 0) is 18.1 Å². The quantitative estimate of drug-likeness (QED) is 0.357. The number of aromatic hydroxyl groups is 2. The van der Waals surface area contributed by atoms with E-state index in [0.717, 1.165) is 12.0 Å². The molecule has 0 saturated carbocycles. The smallest absolute Gasteiger partial charge is 0.324 e. The minimum absolute atomic E-state index is 0.00463. The molecule has 0 saturated heterocycles. The zero-order valence-electron chi connectivity index (χ0n) is 7.62. The SMILES string of the molecule is CCc1cccc(O)c1O.OP(O)O. The van der Waals surface area contributed by atoms with Crippen molar-refractivity contribution in [3.63, 3.8) is 0 Å². The van der Waals surface area contributed by atoms with Crippen LogP contribution in [0.3, 0.4) is 0 Å². The Kier molecular flexibility index (Phi) is 6.16. The summed E-state index contributed by atoms with van der Waals surface area (Å²) >= 11 is 0. The molecule has 14 heavy (non-hydrogen) atoms. The zero-order valence-corrected chi connectivity index (χ0v) is 8.52. The van der Waals surface area contributed by atoms with E-state index in [1.165, 1.54) is 6.07 Å². The molecule has 6 heteroatoms. The maximum atomic E-state index is 9.15. The number of benzene rings is 1. The van der Waals surface area contributed by atoms with Gasteiger partial charge in [0.05, 0.1) is 0 Å². The van der Waals surface area contributed by atoms with E-state index in [9.17, 15) is 0 Å². The zero-order chi connectivity index (χ0) is 11.1. The first-order chi connectivity index (χ1) is 6.49. The third kappa shape index (κ3) is 4.99. The summed E-state index contributed by atoms with van der Waals surface area (Å²) in [7, 11) is -2.62. The number of aryl methyl sites for hydroxylation is 1. The summed E-state index contributed by atoms with van der Waals surface area (Å²) in [6.07, 6.45) is 0.736. The average molecular weight is 220 g/mol. The summed E-state index contributed by atoms with van der Waals surface area (Å²) in [5.74, 6) is -0.0376. The first-order valence-corrected chi connectivity index (χ1v) is 5.05. The summed E-state index contributed by atoms with van der Waals surface area (Å²) in [6, 6.07) is 4.97. The molecule has 0 aliphatic rings. The van der Waals surface area contributed by atoms with E-state index in [0.29, 0.717) is 0 Å². The highest BCUT2D eigenvalue weighted by molar-refractivity contribution is 7.38. The lowest BCUT2D eigenvalue weighted by Gasteiger charge is -2.01. The normalized spacial score (nSPS) is 9.50. The maximum Gasteiger partial charge on any atom is 0.324 e. The monoisotopic (exact) mass is 220 g/mol. The van der Waals surface area contributed by atoms with E-state index in [-0.39, 0.29) is 11.5 Å². The van der Waals surface area contributed by atoms with Crippen molar-refractivity contribution in [3.8, 4) is 11.5 Å². The van der Waals surface area contributed by atoms with Gasteiger partial charge in [0, 0.05) is 0 Å². The number of phenols is 2. The van der Waals surface area contributed by atoms with Crippen molar-refractivity contribution < 1.29 is 24.9 Å². The molecule has 1 aromatic carbocycles. The van der Waals surface area contributed by atoms with Crippen LogP contribution in [0.15, 0.2) is 18.2 Å². The van der Waals surface area contributed by atoms with E-state index in [1.54, 1.807) is 12.1 Å². The van der Waals surface area contributed by atoms with Gasteiger partial charge in [0.25, 0.3) is 0 Å². The third-order valence-electron chi connectivity index (χ3n) is 1.48. The highest BCUT2D eigenvalue weighted by Gasteiger charge is 2.01. The fraction of sp³-hybridized carbons (Fsp3) is 0.250. The van der Waals surface area contributed by atoms with Crippen LogP contribution < -0.4 is 0 Å². The van der Waals surface area contributed by atoms with E-state index in [2.05, 4.69) is 0 Å². The Hall–Kier alpha value is -0.870. The summed E-state index contributed by atoms with van der Waals surface area (Å²) in [5.41, 5.74) is 0.778. The second-order valence-electron chi connectivity index (χ2n) is 2.41. The second kappa shape index (κ2) is 6.56. The molecule has 1 aromatic rings. The molecule has 0 heterocycles. The molecule has 5 nitrogen and oxygen atoms in total. The third-order valence-corrected chi connectivity index (χ3v) is 1.48. The molecule has 5 N–H and O–H groups in total.